The van der Waals surface area contributed by atoms with Gasteiger partial charge in [-0.15, -0.1) is 10.2 Å². The maximum Gasteiger partial charge on any atom is 0.174 e. The van der Waals surface area contributed by atoms with Gasteiger partial charge < -0.3 is 24.1 Å². The van der Waals surface area contributed by atoms with Crippen molar-refractivity contribution in [3.8, 4) is 0 Å². The molecule has 0 aromatic carbocycles. The Morgan fingerprint density at radius 3 is 2.38 bits per heavy atom. The first kappa shape index (κ1) is 30.6. The number of ether oxygens (including phenoxy) is 4. The summed E-state index contributed by atoms with van der Waals surface area (Å²) in [6.07, 6.45) is 23.8. The molecule has 3 unspecified atom stereocenters. The highest BCUT2D eigenvalue weighted by Gasteiger charge is 2.43. The van der Waals surface area contributed by atoms with E-state index in [1.807, 2.05) is 0 Å². The van der Waals surface area contributed by atoms with Gasteiger partial charge in [-0.2, -0.15) is 5.21 Å². The molecular weight excluding hydrogens is 496 g/mol. The van der Waals surface area contributed by atoms with Crippen LogP contribution in [0.25, 0.3) is 0 Å². The number of aromatic amines is 1. The minimum atomic E-state index is -0.305. The fourth-order valence-corrected chi connectivity index (χ4v) is 6.33. The number of aryl methyl sites for hydroxylation is 1. The van der Waals surface area contributed by atoms with Gasteiger partial charge in [-0.3, -0.25) is 0 Å². The molecule has 0 radical (unpaired) electrons. The first-order chi connectivity index (χ1) is 19.3. The maximum absolute atomic E-state index is 11.0. The number of hydrogen-bond donors (Lipinski definition) is 2. The molecule has 9 nitrogen and oxygen atoms in total. The predicted molar refractivity (Wildman–Crippen MR) is 149 cm³/mol. The van der Waals surface area contributed by atoms with Crippen LogP contribution in [0.4, 0.5) is 0 Å². The van der Waals surface area contributed by atoms with Crippen LogP contribution >= 0.6 is 0 Å². The van der Waals surface area contributed by atoms with E-state index in [-0.39, 0.29) is 30.7 Å². The summed E-state index contributed by atoms with van der Waals surface area (Å²) in [4.78, 5) is 0. The number of unbranched alkanes of at least 4 members (excludes halogenated alkanes) is 6. The second-order valence-electron chi connectivity index (χ2n) is 11.6. The molecule has 3 fully saturated rings. The number of aliphatic hydroxyl groups is 1. The molecule has 222 valence electrons. The van der Waals surface area contributed by atoms with Crippen LogP contribution in [0, 0.1) is 11.8 Å². The lowest BCUT2D eigenvalue weighted by molar-refractivity contribution is -0.196. The van der Waals surface area contributed by atoms with Gasteiger partial charge in [0.2, 0.25) is 0 Å². The maximum atomic E-state index is 11.0. The normalized spacial score (nSPS) is 29.9. The van der Waals surface area contributed by atoms with Crippen molar-refractivity contribution in [2.24, 2.45) is 11.8 Å². The van der Waals surface area contributed by atoms with Gasteiger partial charge in [0.25, 0.3) is 0 Å². The van der Waals surface area contributed by atoms with Crippen molar-refractivity contribution in [3.05, 3.63) is 18.0 Å². The van der Waals surface area contributed by atoms with E-state index in [9.17, 15) is 5.11 Å². The minimum absolute atomic E-state index is 0.0363. The van der Waals surface area contributed by atoms with E-state index in [4.69, 9.17) is 18.9 Å². The number of aliphatic hydroxyl groups excluding tert-OH is 1. The smallest absolute Gasteiger partial charge is 0.174 e. The molecule has 1 saturated carbocycles. The zero-order chi connectivity index (χ0) is 27.0. The number of nitrogens with zero attached hydrogens (tertiary/aromatic N) is 3. The summed E-state index contributed by atoms with van der Waals surface area (Å²) in [5.41, 5.74) is 0. The van der Waals surface area contributed by atoms with E-state index in [1.165, 1.54) is 51.4 Å². The molecule has 2 aliphatic heterocycles. The number of allylic oxidation sites excluding steroid dienone is 2. The van der Waals surface area contributed by atoms with Crippen LogP contribution in [0.5, 0.6) is 0 Å². The molecule has 1 aliphatic carbocycles. The van der Waals surface area contributed by atoms with Crippen LogP contribution in [0.2, 0.25) is 0 Å². The summed E-state index contributed by atoms with van der Waals surface area (Å²) in [7, 11) is 0. The Morgan fingerprint density at radius 2 is 1.64 bits per heavy atom. The lowest BCUT2D eigenvalue weighted by atomic mass is 9.86. The van der Waals surface area contributed by atoms with Crippen molar-refractivity contribution in [3.63, 3.8) is 0 Å². The predicted octanol–water partition coefficient (Wildman–Crippen LogP) is 5.65. The number of rotatable bonds is 18. The number of aromatic nitrogens is 4. The molecule has 3 heterocycles. The quantitative estimate of drug-likeness (QED) is 0.179. The third kappa shape index (κ3) is 11.2. The van der Waals surface area contributed by atoms with Crippen molar-refractivity contribution in [2.45, 2.75) is 140 Å². The van der Waals surface area contributed by atoms with Crippen LogP contribution < -0.4 is 0 Å². The van der Waals surface area contributed by atoms with Gasteiger partial charge in [-0.25, -0.2) is 0 Å². The average Bonchev–Trinajstić information content (AvgIpc) is 3.58. The van der Waals surface area contributed by atoms with Gasteiger partial charge in [0, 0.05) is 32.7 Å². The molecule has 4 rings (SSSR count). The number of hydrogen-bond acceptors (Lipinski definition) is 8. The largest absolute Gasteiger partial charge is 0.393 e. The SMILES string of the molecule is OC1C[C@H](OC2CCCCO2)[C@H](CCCCCCCCOC2CCCCO2)[C@@H]1C/C=C\CCCc1nn[nH]n1. The first-order valence-corrected chi connectivity index (χ1v) is 15.9. The summed E-state index contributed by atoms with van der Waals surface area (Å²) >= 11 is 0. The average molecular weight is 549 g/mol. The molecular formula is C30H52N4O5. The van der Waals surface area contributed by atoms with Gasteiger partial charge in [-0.05, 0) is 82.5 Å². The number of nitrogens with one attached hydrogen (secondary N) is 1. The molecule has 1 aromatic rings. The Bertz CT molecular complexity index is 767. The molecule has 9 heteroatoms. The fraction of sp³-hybridized carbons (Fsp3) is 0.900. The Labute approximate surface area is 234 Å². The van der Waals surface area contributed by atoms with Crippen LogP contribution in [0.1, 0.15) is 115 Å². The zero-order valence-corrected chi connectivity index (χ0v) is 23.9. The monoisotopic (exact) mass is 548 g/mol. The standard InChI is InChI=1S/C30H52N4O5/c35-26-23-27(39-30-19-11-14-22-38-30)25(24(26)15-7-4-5-9-17-28-31-33-34-32-28)16-8-3-1-2-6-12-20-36-29-18-10-13-21-37-29/h4,7,24-27,29-30,35H,1-3,5-6,8-23H2,(H,31,32,33,34)/b7-4-/t24-,25+,26?,27-,29?,30?/m0/s1. The van der Waals surface area contributed by atoms with Crippen LogP contribution in [-0.2, 0) is 25.4 Å². The Morgan fingerprint density at radius 1 is 0.872 bits per heavy atom. The molecule has 6 atom stereocenters. The second kappa shape index (κ2) is 18.1. The van der Waals surface area contributed by atoms with Gasteiger partial charge in [-0.1, -0.05) is 49.5 Å². The van der Waals surface area contributed by atoms with E-state index in [0.29, 0.717) is 5.92 Å². The van der Waals surface area contributed by atoms with Crippen molar-refractivity contribution < 1.29 is 24.1 Å². The van der Waals surface area contributed by atoms with E-state index < -0.39 is 0 Å². The summed E-state index contributed by atoms with van der Waals surface area (Å²) in [5.74, 6) is 1.41. The molecule has 2 N–H and O–H groups in total. The lowest BCUT2D eigenvalue weighted by Crippen LogP contribution is -2.31. The molecule has 1 aromatic heterocycles. The van der Waals surface area contributed by atoms with E-state index in [0.717, 1.165) is 89.9 Å². The van der Waals surface area contributed by atoms with Crippen molar-refractivity contribution >= 4 is 0 Å². The Kier molecular flexibility index (Phi) is 14.2. The van der Waals surface area contributed by atoms with Crippen LogP contribution in [0.3, 0.4) is 0 Å². The van der Waals surface area contributed by atoms with Crippen molar-refractivity contribution in [2.75, 3.05) is 19.8 Å². The zero-order valence-electron chi connectivity index (χ0n) is 23.9. The molecule has 3 aliphatic rings. The van der Waals surface area contributed by atoms with Gasteiger partial charge in [0.1, 0.15) is 0 Å². The minimum Gasteiger partial charge on any atom is -0.393 e. The van der Waals surface area contributed by atoms with Gasteiger partial charge in [0.05, 0.1) is 12.2 Å². The highest BCUT2D eigenvalue weighted by Crippen LogP contribution is 2.41. The third-order valence-electron chi connectivity index (χ3n) is 8.57. The summed E-state index contributed by atoms with van der Waals surface area (Å²) in [6, 6.07) is 0. The lowest BCUT2D eigenvalue weighted by Gasteiger charge is -2.30. The highest BCUT2D eigenvalue weighted by atomic mass is 16.7. The fourth-order valence-electron chi connectivity index (χ4n) is 6.33. The molecule has 0 bridgehead atoms. The third-order valence-corrected chi connectivity index (χ3v) is 8.57. The first-order valence-electron chi connectivity index (χ1n) is 15.9. The molecule has 0 amide bonds. The van der Waals surface area contributed by atoms with E-state index in [2.05, 4.69) is 32.8 Å². The van der Waals surface area contributed by atoms with Gasteiger partial charge >= 0.3 is 0 Å². The molecule has 39 heavy (non-hydrogen) atoms. The second-order valence-corrected chi connectivity index (χ2v) is 11.6. The van der Waals surface area contributed by atoms with Gasteiger partial charge in [0.15, 0.2) is 18.4 Å². The molecule has 0 spiro atoms. The summed E-state index contributed by atoms with van der Waals surface area (Å²) < 4.78 is 23.9. The Balaban J connectivity index is 1.14. The van der Waals surface area contributed by atoms with Crippen LogP contribution in [0.15, 0.2) is 12.2 Å². The van der Waals surface area contributed by atoms with Crippen molar-refractivity contribution in [1.82, 2.24) is 20.6 Å². The van der Waals surface area contributed by atoms with Crippen LogP contribution in [-0.4, -0.2) is 70.3 Å². The summed E-state index contributed by atoms with van der Waals surface area (Å²) in [5, 5.41) is 25.1. The van der Waals surface area contributed by atoms with E-state index in [1.54, 1.807) is 0 Å². The van der Waals surface area contributed by atoms with E-state index >= 15 is 0 Å². The summed E-state index contributed by atoms with van der Waals surface area (Å²) in [6.45, 7) is 2.46. The highest BCUT2D eigenvalue weighted by molar-refractivity contribution is 4.97. The van der Waals surface area contributed by atoms with Crippen molar-refractivity contribution in [1.29, 1.82) is 0 Å². The number of H-pyrrole nitrogens is 1. The number of tetrazole rings is 1. The molecule has 2 saturated heterocycles. The Hall–Kier alpha value is -1.39. The topological polar surface area (TPSA) is 112 Å².